The molecular formula is C63H67ClF4N8O9S3. The van der Waals surface area contributed by atoms with Gasteiger partial charge >= 0.3 is 5.51 Å². The highest BCUT2D eigenvalue weighted by molar-refractivity contribution is 7.99. The number of anilines is 2. The number of piperazine rings is 2. The average Bonchev–Trinajstić information content (AvgIpc) is 1.81. The number of halogens is 5. The van der Waals surface area contributed by atoms with Crippen LogP contribution in [0.1, 0.15) is 107 Å². The first-order valence-electron chi connectivity index (χ1n) is 29.3. The molecule has 25 heteroatoms. The third-order valence-corrected chi connectivity index (χ3v) is 22.0. The molecule has 5 aromatic carbocycles. The predicted molar refractivity (Wildman–Crippen MR) is 326 cm³/mol. The van der Waals surface area contributed by atoms with Gasteiger partial charge in [0.15, 0.2) is 0 Å². The number of hydrogen-bond donors (Lipinski definition) is 3. The molecule has 4 saturated heterocycles. The molecule has 2 bridgehead atoms. The van der Waals surface area contributed by atoms with Crippen LogP contribution in [0.3, 0.4) is 0 Å². The third kappa shape index (κ3) is 13.6. The summed E-state index contributed by atoms with van der Waals surface area (Å²) in [5.41, 5.74) is -1.51. The van der Waals surface area contributed by atoms with E-state index in [0.29, 0.717) is 55.8 Å². The zero-order valence-electron chi connectivity index (χ0n) is 48.5. The number of amides is 5. The number of sulfone groups is 1. The minimum atomic E-state index is -6.19. The standard InChI is InChI=1S/C63H67ClF4N8O9S3/c1-62(2)24-22-50(40-8-12-43(64)13-9-40)42(33-62)35-72-26-28-74(29-27-72)45-14-10-41(11-15-45)58(78)71-88(84,85)49-18-19-53(55(32-49)87(82,83)63(66,67)68)69-44(38-86-48-6-4-3-5-7-48)23-25-73-36-46-16-17-47(37-73)75(46)34-39-30-51-57(52(65)31-39)61(81)76(60(51)80)54-20-21-56(77)70-59(54)79/h3-15,18-19,30-32,44,46-47,54,69H,16-17,20-29,33-38H2,1-2H3,(H,71,78)(H,70,77,79). The zero-order valence-corrected chi connectivity index (χ0v) is 51.7. The van der Waals surface area contributed by atoms with E-state index in [1.165, 1.54) is 52.7 Å². The van der Waals surface area contributed by atoms with Crippen LogP contribution < -0.4 is 20.3 Å². The predicted octanol–water partition coefficient (Wildman–Crippen LogP) is 9.39. The Bertz CT molecular complexity index is 3800. The van der Waals surface area contributed by atoms with Crippen molar-refractivity contribution in [3.8, 4) is 0 Å². The topological polar surface area (TPSA) is 206 Å². The van der Waals surface area contributed by atoms with E-state index in [4.69, 9.17) is 11.6 Å². The van der Waals surface area contributed by atoms with E-state index in [2.05, 4.69) is 56.2 Å². The van der Waals surface area contributed by atoms with Gasteiger partial charge in [0, 0.05) is 110 Å². The van der Waals surface area contributed by atoms with E-state index in [-0.39, 0.29) is 53.8 Å². The Morgan fingerprint density at radius 2 is 1.50 bits per heavy atom. The normalized spacial score (nSPS) is 21.6. The minimum absolute atomic E-state index is 0.0264. The van der Waals surface area contributed by atoms with Gasteiger partial charge < -0.3 is 15.1 Å². The van der Waals surface area contributed by atoms with Crippen LogP contribution >= 0.6 is 23.4 Å². The number of carbonyl (C=O) groups is 5. The number of fused-ring (bicyclic) bond motifs is 3. The quantitative estimate of drug-likeness (QED) is 0.0400. The van der Waals surface area contributed by atoms with E-state index < -0.39 is 93.8 Å². The van der Waals surface area contributed by atoms with Crippen LogP contribution in [-0.4, -0.2) is 154 Å². The summed E-state index contributed by atoms with van der Waals surface area (Å²) >= 11 is 7.60. The summed E-state index contributed by atoms with van der Waals surface area (Å²) < 4.78 is 116. The van der Waals surface area contributed by atoms with Crippen molar-refractivity contribution in [2.45, 2.75) is 116 Å². The second kappa shape index (κ2) is 25.3. The zero-order chi connectivity index (χ0) is 62.5. The van der Waals surface area contributed by atoms with Gasteiger partial charge in [-0.05, 0) is 146 Å². The monoisotopic (exact) mass is 1290 g/mol. The van der Waals surface area contributed by atoms with Crippen molar-refractivity contribution in [2.75, 3.05) is 68.3 Å². The van der Waals surface area contributed by atoms with Crippen LogP contribution in [-0.2, 0) is 36.0 Å². The Kier molecular flexibility index (Phi) is 18.1. The number of piperidine rings is 1. The molecule has 4 atom stereocenters. The number of nitrogens with one attached hydrogen (secondary N) is 3. The van der Waals surface area contributed by atoms with Crippen LogP contribution in [0.2, 0.25) is 5.02 Å². The lowest BCUT2D eigenvalue weighted by molar-refractivity contribution is -0.136. The molecule has 4 fully saturated rings. The van der Waals surface area contributed by atoms with Crippen molar-refractivity contribution in [1.29, 1.82) is 0 Å². The fraction of sp³-hybridized carbons (Fsp3) is 0.413. The summed E-state index contributed by atoms with van der Waals surface area (Å²) in [6, 6.07) is 26.6. The third-order valence-electron chi connectivity index (χ3n) is 17.7. The Balaban J connectivity index is 0.740. The van der Waals surface area contributed by atoms with Crippen molar-refractivity contribution in [1.82, 2.24) is 29.6 Å². The van der Waals surface area contributed by atoms with Gasteiger partial charge in [-0.2, -0.15) is 13.2 Å². The van der Waals surface area contributed by atoms with Crippen molar-refractivity contribution in [3.63, 3.8) is 0 Å². The van der Waals surface area contributed by atoms with Gasteiger partial charge in [-0.25, -0.2) is 25.9 Å². The van der Waals surface area contributed by atoms with E-state index in [1.807, 2.05) is 47.2 Å². The van der Waals surface area contributed by atoms with Gasteiger partial charge in [0.25, 0.3) is 37.6 Å². The van der Waals surface area contributed by atoms with E-state index >= 15 is 4.39 Å². The maximum Gasteiger partial charge on any atom is 0.501 e. The number of imide groups is 2. The summed E-state index contributed by atoms with van der Waals surface area (Å²) in [5.74, 6) is -4.82. The smallest absolute Gasteiger partial charge is 0.380 e. The summed E-state index contributed by atoms with van der Waals surface area (Å²) in [4.78, 5) is 73.2. The van der Waals surface area contributed by atoms with Crippen LogP contribution in [0, 0.1) is 11.2 Å². The van der Waals surface area contributed by atoms with Crippen molar-refractivity contribution < 1.29 is 58.4 Å². The Morgan fingerprint density at radius 1 is 0.807 bits per heavy atom. The molecule has 1 aliphatic carbocycles. The van der Waals surface area contributed by atoms with Gasteiger partial charge in [0.2, 0.25) is 11.8 Å². The van der Waals surface area contributed by atoms with Crippen molar-refractivity contribution in [3.05, 3.63) is 153 Å². The van der Waals surface area contributed by atoms with Crippen molar-refractivity contribution in [2.24, 2.45) is 5.41 Å². The molecule has 0 aromatic heterocycles. The van der Waals surface area contributed by atoms with Crippen LogP contribution in [0.15, 0.2) is 129 Å². The molecule has 0 saturated carbocycles. The minimum Gasteiger partial charge on any atom is -0.380 e. The number of sulfonamides is 1. The summed E-state index contributed by atoms with van der Waals surface area (Å²) in [7, 11) is -11.1. The summed E-state index contributed by atoms with van der Waals surface area (Å²) in [5, 5.41) is 5.86. The Hall–Kier alpha value is -6.67. The molecule has 88 heavy (non-hydrogen) atoms. The number of likely N-dealkylation sites (tertiary alicyclic amines) is 1. The molecule has 5 aromatic rings. The highest BCUT2D eigenvalue weighted by Gasteiger charge is 2.50. The first-order chi connectivity index (χ1) is 41.8. The number of hydrogen-bond acceptors (Lipinski definition) is 15. The Labute approximate surface area is 518 Å². The van der Waals surface area contributed by atoms with Gasteiger partial charge in [-0.3, -0.25) is 44.0 Å². The first kappa shape index (κ1) is 62.9. The number of benzene rings is 5. The Morgan fingerprint density at radius 3 is 2.17 bits per heavy atom. The number of allylic oxidation sites excluding steroid dienone is 1. The SMILES string of the molecule is CC1(C)CCC(c2ccc(Cl)cc2)=C(CN2CCN(c3ccc(C(=O)NS(=O)(=O)c4ccc(NC(CCN5CC6CCC(C5)N6Cc5cc(F)c6c(c5)C(=O)N(C5CCC(=O)NC5=O)C6=O)CSc5ccccc5)c(S(=O)(=O)C(F)(F)F)c4)cc3)CC2)C1. The molecule has 11 rings (SSSR count). The highest BCUT2D eigenvalue weighted by Crippen LogP contribution is 2.44. The molecule has 5 heterocycles. The van der Waals surface area contributed by atoms with E-state index in [0.717, 1.165) is 79.4 Å². The molecule has 6 aliphatic rings. The lowest BCUT2D eigenvalue weighted by Crippen LogP contribution is -2.54. The number of carbonyl (C=O) groups excluding carboxylic acids is 5. The van der Waals surface area contributed by atoms with E-state index in [9.17, 15) is 54.0 Å². The molecule has 4 unspecified atom stereocenters. The lowest BCUT2D eigenvalue weighted by atomic mass is 9.73. The van der Waals surface area contributed by atoms with Gasteiger partial charge in [0.1, 0.15) is 16.8 Å². The van der Waals surface area contributed by atoms with Crippen LogP contribution in [0.5, 0.6) is 0 Å². The van der Waals surface area contributed by atoms with E-state index in [1.54, 1.807) is 12.1 Å². The molecule has 5 amide bonds. The second-order valence-electron chi connectivity index (χ2n) is 24.3. The average molecular weight is 1290 g/mol. The van der Waals surface area contributed by atoms with Crippen molar-refractivity contribution >= 4 is 89.7 Å². The first-order valence-corrected chi connectivity index (χ1v) is 33.7. The fourth-order valence-electron chi connectivity index (χ4n) is 13.1. The van der Waals surface area contributed by atoms with Crippen LogP contribution in [0.25, 0.3) is 5.57 Å². The number of alkyl halides is 3. The molecule has 0 radical (unpaired) electrons. The van der Waals surface area contributed by atoms with Gasteiger partial charge in [0.05, 0.1) is 21.7 Å². The number of nitrogens with zero attached hydrogens (tertiary/aromatic N) is 5. The molecule has 3 N–H and O–H groups in total. The molecule has 466 valence electrons. The summed E-state index contributed by atoms with van der Waals surface area (Å²) in [6.45, 7) is 10.2. The molecular weight excluding hydrogens is 1220 g/mol. The van der Waals surface area contributed by atoms with Crippen LogP contribution in [0.4, 0.5) is 28.9 Å². The lowest BCUT2D eigenvalue weighted by Gasteiger charge is -2.41. The number of rotatable bonds is 19. The number of thioether (sulfide) groups is 1. The van der Waals surface area contributed by atoms with Gasteiger partial charge in [-0.1, -0.05) is 61.4 Å². The largest absolute Gasteiger partial charge is 0.501 e. The maximum atomic E-state index is 15.8. The summed E-state index contributed by atoms with van der Waals surface area (Å²) in [6.07, 6.45) is 4.79. The van der Waals surface area contributed by atoms with Gasteiger partial charge in [-0.15, -0.1) is 11.8 Å². The molecule has 0 spiro atoms. The maximum absolute atomic E-state index is 15.8. The molecule has 5 aliphatic heterocycles. The molecule has 17 nitrogen and oxygen atoms in total. The fourth-order valence-corrected chi connectivity index (χ4v) is 16.2. The highest BCUT2D eigenvalue weighted by atomic mass is 35.5. The second-order valence-corrected chi connectivity index (χ2v) is 29.4.